The van der Waals surface area contributed by atoms with Gasteiger partial charge in [-0.2, -0.15) is 0 Å². The Balaban J connectivity index is 2.04. The minimum absolute atomic E-state index is 0.0773. The molecule has 22 heavy (non-hydrogen) atoms. The Hall–Kier alpha value is -2.34. The largest absolute Gasteiger partial charge is 0.347 e. The highest BCUT2D eigenvalue weighted by Crippen LogP contribution is 2.11. The Labute approximate surface area is 130 Å². The maximum atomic E-state index is 12.0. The standard InChI is InChI=1S/C16H21N5O/c1-12(16(22)20(2)3)21(4)11-13-9-18-15(19-10-13)14-7-5-6-8-17-14/h5-10,12H,11H2,1-4H3/t12-/m0/s1. The van der Waals surface area contributed by atoms with Crippen molar-refractivity contribution in [3.63, 3.8) is 0 Å². The van der Waals surface area contributed by atoms with Gasteiger partial charge in [0.2, 0.25) is 5.91 Å². The van der Waals surface area contributed by atoms with Crippen LogP contribution in [0.25, 0.3) is 11.5 Å². The normalized spacial score (nSPS) is 12.2. The zero-order valence-corrected chi connectivity index (χ0v) is 13.4. The SMILES string of the molecule is C[C@@H](C(=O)N(C)C)N(C)Cc1cnc(-c2ccccn2)nc1. The van der Waals surface area contributed by atoms with E-state index >= 15 is 0 Å². The maximum Gasteiger partial charge on any atom is 0.239 e. The third-order valence-corrected chi connectivity index (χ3v) is 3.49. The van der Waals surface area contributed by atoms with Crippen molar-refractivity contribution in [2.75, 3.05) is 21.1 Å². The molecule has 0 aromatic carbocycles. The molecule has 0 aliphatic heterocycles. The molecule has 0 bridgehead atoms. The van der Waals surface area contributed by atoms with Gasteiger partial charge in [0.15, 0.2) is 5.82 Å². The molecule has 6 nitrogen and oxygen atoms in total. The number of carbonyl (C=O) groups is 1. The Bertz CT molecular complexity index is 612. The van der Waals surface area contributed by atoms with Crippen LogP contribution in [0.1, 0.15) is 12.5 Å². The lowest BCUT2D eigenvalue weighted by Crippen LogP contribution is -2.42. The van der Waals surface area contributed by atoms with Crippen LogP contribution in [0.2, 0.25) is 0 Å². The minimum atomic E-state index is -0.189. The van der Waals surface area contributed by atoms with E-state index in [0.717, 1.165) is 11.3 Å². The third kappa shape index (κ3) is 3.85. The zero-order chi connectivity index (χ0) is 16.1. The van der Waals surface area contributed by atoms with Gasteiger partial charge >= 0.3 is 0 Å². The molecule has 2 aromatic rings. The lowest BCUT2D eigenvalue weighted by Gasteiger charge is -2.26. The maximum absolute atomic E-state index is 12.0. The molecule has 6 heteroatoms. The van der Waals surface area contributed by atoms with Gasteiger partial charge in [0, 0.05) is 44.8 Å². The van der Waals surface area contributed by atoms with E-state index in [9.17, 15) is 4.79 Å². The fourth-order valence-corrected chi connectivity index (χ4v) is 2.05. The summed E-state index contributed by atoms with van der Waals surface area (Å²) < 4.78 is 0. The summed E-state index contributed by atoms with van der Waals surface area (Å²) in [5.41, 5.74) is 1.71. The van der Waals surface area contributed by atoms with E-state index in [2.05, 4.69) is 15.0 Å². The summed E-state index contributed by atoms with van der Waals surface area (Å²) in [7, 11) is 5.44. The van der Waals surface area contributed by atoms with E-state index in [1.165, 1.54) is 0 Å². The molecule has 0 saturated carbocycles. The summed E-state index contributed by atoms with van der Waals surface area (Å²) in [6, 6.07) is 5.45. The number of nitrogens with zero attached hydrogens (tertiary/aromatic N) is 5. The van der Waals surface area contributed by atoms with Gasteiger partial charge in [-0.3, -0.25) is 14.7 Å². The second-order valence-corrected chi connectivity index (χ2v) is 5.45. The molecule has 0 fully saturated rings. The van der Waals surface area contributed by atoms with Gasteiger partial charge in [-0.05, 0) is 26.1 Å². The van der Waals surface area contributed by atoms with Crippen LogP contribution in [0.5, 0.6) is 0 Å². The van der Waals surface area contributed by atoms with Crippen LogP contribution in [0.4, 0.5) is 0 Å². The van der Waals surface area contributed by atoms with Crippen LogP contribution < -0.4 is 0 Å². The highest BCUT2D eigenvalue weighted by Gasteiger charge is 2.19. The molecule has 1 atom stereocenters. The minimum Gasteiger partial charge on any atom is -0.347 e. The molecule has 1 amide bonds. The van der Waals surface area contributed by atoms with Crippen LogP contribution in [0.3, 0.4) is 0 Å². The summed E-state index contributed by atoms with van der Waals surface area (Å²) in [6.45, 7) is 2.51. The predicted octanol–water partition coefficient (Wildman–Crippen LogP) is 1.45. The first-order chi connectivity index (χ1) is 10.5. The van der Waals surface area contributed by atoms with Crippen molar-refractivity contribution < 1.29 is 4.79 Å². The van der Waals surface area contributed by atoms with Crippen molar-refractivity contribution in [3.8, 4) is 11.5 Å². The molecule has 0 saturated heterocycles. The molecule has 0 radical (unpaired) electrons. The third-order valence-electron chi connectivity index (χ3n) is 3.49. The molecule has 2 aromatic heterocycles. The van der Waals surface area contributed by atoms with Crippen LogP contribution in [0, 0.1) is 0 Å². The van der Waals surface area contributed by atoms with Gasteiger partial charge in [-0.15, -0.1) is 0 Å². The van der Waals surface area contributed by atoms with Crippen molar-refractivity contribution >= 4 is 5.91 Å². The van der Waals surface area contributed by atoms with Gasteiger partial charge < -0.3 is 4.90 Å². The molecule has 0 aliphatic carbocycles. The van der Waals surface area contributed by atoms with Crippen molar-refractivity contribution in [1.82, 2.24) is 24.8 Å². The highest BCUT2D eigenvalue weighted by molar-refractivity contribution is 5.80. The number of pyridine rings is 1. The summed E-state index contributed by atoms with van der Waals surface area (Å²) in [5.74, 6) is 0.679. The Kier molecular flexibility index (Phi) is 5.16. The quantitative estimate of drug-likeness (QED) is 0.836. The van der Waals surface area contributed by atoms with Crippen LogP contribution in [0.15, 0.2) is 36.8 Å². The molecule has 0 aliphatic rings. The zero-order valence-electron chi connectivity index (χ0n) is 13.4. The molecule has 2 rings (SSSR count). The van der Waals surface area contributed by atoms with Crippen molar-refractivity contribution in [3.05, 3.63) is 42.4 Å². The van der Waals surface area contributed by atoms with E-state index in [-0.39, 0.29) is 11.9 Å². The monoisotopic (exact) mass is 299 g/mol. The molecular weight excluding hydrogens is 278 g/mol. The van der Waals surface area contributed by atoms with Gasteiger partial charge in [0.1, 0.15) is 5.69 Å². The first-order valence-electron chi connectivity index (χ1n) is 7.12. The van der Waals surface area contributed by atoms with E-state index in [0.29, 0.717) is 12.4 Å². The average Bonchev–Trinajstić information content (AvgIpc) is 2.54. The van der Waals surface area contributed by atoms with E-state index in [1.807, 2.05) is 37.1 Å². The molecule has 0 unspecified atom stereocenters. The Morgan fingerprint density at radius 1 is 1.14 bits per heavy atom. The molecule has 2 heterocycles. The summed E-state index contributed by atoms with van der Waals surface area (Å²) in [5, 5.41) is 0. The number of carbonyl (C=O) groups excluding carboxylic acids is 1. The van der Waals surface area contributed by atoms with Crippen LogP contribution in [-0.4, -0.2) is 57.8 Å². The van der Waals surface area contributed by atoms with Gasteiger partial charge in [0.25, 0.3) is 0 Å². The number of hydrogen-bond acceptors (Lipinski definition) is 5. The fourth-order valence-electron chi connectivity index (χ4n) is 2.05. The number of amides is 1. The second kappa shape index (κ2) is 7.09. The molecule has 116 valence electrons. The smallest absolute Gasteiger partial charge is 0.239 e. The first-order valence-corrected chi connectivity index (χ1v) is 7.12. The summed E-state index contributed by atoms with van der Waals surface area (Å²) in [6.07, 6.45) is 5.27. The topological polar surface area (TPSA) is 62.2 Å². The van der Waals surface area contributed by atoms with Crippen molar-refractivity contribution in [1.29, 1.82) is 0 Å². The lowest BCUT2D eigenvalue weighted by atomic mass is 10.2. The van der Waals surface area contributed by atoms with Gasteiger partial charge in [-0.1, -0.05) is 6.07 Å². The fraction of sp³-hybridized carbons (Fsp3) is 0.375. The molecule has 0 N–H and O–H groups in total. The molecule has 0 spiro atoms. The van der Waals surface area contributed by atoms with E-state index < -0.39 is 0 Å². The molecular formula is C16H21N5O. The highest BCUT2D eigenvalue weighted by atomic mass is 16.2. The number of likely N-dealkylation sites (N-methyl/N-ethyl adjacent to an activating group) is 2. The van der Waals surface area contributed by atoms with Gasteiger partial charge in [-0.25, -0.2) is 9.97 Å². The summed E-state index contributed by atoms with van der Waals surface area (Å²) >= 11 is 0. The first kappa shape index (κ1) is 16.0. The predicted molar refractivity (Wildman–Crippen MR) is 84.9 cm³/mol. The van der Waals surface area contributed by atoms with Crippen LogP contribution >= 0.6 is 0 Å². The number of rotatable bonds is 5. The van der Waals surface area contributed by atoms with Gasteiger partial charge in [0.05, 0.1) is 6.04 Å². The van der Waals surface area contributed by atoms with Crippen molar-refractivity contribution in [2.24, 2.45) is 0 Å². The number of hydrogen-bond donors (Lipinski definition) is 0. The van der Waals surface area contributed by atoms with Crippen molar-refractivity contribution in [2.45, 2.75) is 19.5 Å². The summed E-state index contributed by atoms with van der Waals surface area (Å²) in [4.78, 5) is 28.4. The Morgan fingerprint density at radius 3 is 2.36 bits per heavy atom. The Morgan fingerprint density at radius 2 is 1.82 bits per heavy atom. The van der Waals surface area contributed by atoms with E-state index in [4.69, 9.17) is 0 Å². The van der Waals surface area contributed by atoms with Crippen LogP contribution in [-0.2, 0) is 11.3 Å². The number of aromatic nitrogens is 3. The second-order valence-electron chi connectivity index (χ2n) is 5.45. The lowest BCUT2D eigenvalue weighted by molar-refractivity contribution is -0.133. The average molecular weight is 299 g/mol. The van der Waals surface area contributed by atoms with E-state index in [1.54, 1.807) is 37.6 Å².